The molecule has 3 heterocycles. The number of piperidine rings is 1. The average molecular weight is 520 g/mol. The fourth-order valence-electron chi connectivity index (χ4n) is 5.48. The highest BCUT2D eigenvalue weighted by molar-refractivity contribution is 6.23. The minimum atomic E-state index is -0.253. The Kier molecular flexibility index (Phi) is 6.99. The fraction of sp³-hybridized carbons (Fsp3) is 0.281. The van der Waals surface area contributed by atoms with Crippen LogP contribution in [0.3, 0.4) is 0 Å². The highest BCUT2D eigenvalue weighted by Gasteiger charge is 2.21. The molecule has 2 aliphatic rings. The number of aromatic nitrogens is 3. The molecule has 4 aromatic rings. The zero-order chi connectivity index (χ0) is 26.8. The first kappa shape index (κ1) is 25.1. The number of allylic oxidation sites excluding steroid dienone is 3. The molecule has 2 aromatic heterocycles. The zero-order valence-electron chi connectivity index (χ0n) is 22.2. The van der Waals surface area contributed by atoms with E-state index in [0.717, 1.165) is 41.8 Å². The number of Topliss-reactive ketones (excluding diaryl/α,β-unsaturated/α-hetero) is 1. The van der Waals surface area contributed by atoms with Crippen molar-refractivity contribution in [2.45, 2.75) is 45.2 Å². The maximum absolute atomic E-state index is 13.0. The summed E-state index contributed by atoms with van der Waals surface area (Å²) in [5.74, 6) is -0.227. The number of H-pyrrole nitrogens is 1. The molecule has 6 rings (SSSR count). The molecule has 1 aliphatic heterocycles. The van der Waals surface area contributed by atoms with Crippen LogP contribution in [0.2, 0.25) is 0 Å². The Hall–Kier alpha value is -4.23. The number of nitrogens with zero attached hydrogens (tertiary/aromatic N) is 3. The van der Waals surface area contributed by atoms with E-state index in [4.69, 9.17) is 0 Å². The van der Waals surface area contributed by atoms with E-state index in [1.165, 1.54) is 24.8 Å². The molecule has 0 bridgehead atoms. The Bertz CT molecular complexity index is 1570. The average Bonchev–Trinajstić information content (AvgIpc) is 3.62. The monoisotopic (exact) mass is 519 g/mol. The molecular formula is C32H33N5O2. The molecule has 0 saturated carbocycles. The van der Waals surface area contributed by atoms with Crippen LogP contribution in [-0.2, 0) is 11.3 Å². The summed E-state index contributed by atoms with van der Waals surface area (Å²) in [6.45, 7) is 5.32. The maximum Gasteiger partial charge on any atom is 0.258 e. The van der Waals surface area contributed by atoms with E-state index in [9.17, 15) is 9.59 Å². The molecule has 0 radical (unpaired) electrons. The smallest absolute Gasteiger partial charge is 0.258 e. The molecule has 1 atom stereocenters. The highest BCUT2D eigenvalue weighted by Crippen LogP contribution is 2.27. The van der Waals surface area contributed by atoms with Gasteiger partial charge in [-0.25, -0.2) is 0 Å². The third kappa shape index (κ3) is 5.49. The van der Waals surface area contributed by atoms with Crippen LogP contribution >= 0.6 is 0 Å². The van der Waals surface area contributed by atoms with Crippen LogP contribution in [0.25, 0.3) is 16.5 Å². The molecule has 1 fully saturated rings. The van der Waals surface area contributed by atoms with E-state index in [1.807, 2.05) is 43.3 Å². The van der Waals surface area contributed by atoms with Crippen molar-refractivity contribution < 1.29 is 9.59 Å². The van der Waals surface area contributed by atoms with Crippen molar-refractivity contribution in [2.75, 3.05) is 13.1 Å². The van der Waals surface area contributed by atoms with E-state index in [2.05, 4.69) is 38.5 Å². The van der Waals surface area contributed by atoms with Crippen LogP contribution < -0.4 is 5.32 Å². The van der Waals surface area contributed by atoms with Gasteiger partial charge in [-0.15, -0.1) is 0 Å². The highest BCUT2D eigenvalue weighted by atomic mass is 16.1. The van der Waals surface area contributed by atoms with Crippen molar-refractivity contribution in [3.05, 3.63) is 107 Å². The van der Waals surface area contributed by atoms with Gasteiger partial charge in [-0.1, -0.05) is 48.9 Å². The molecule has 2 N–H and O–H groups in total. The largest absolute Gasteiger partial charge is 0.354 e. The van der Waals surface area contributed by atoms with Gasteiger partial charge in [0, 0.05) is 41.3 Å². The van der Waals surface area contributed by atoms with Gasteiger partial charge < -0.3 is 10.3 Å². The van der Waals surface area contributed by atoms with E-state index in [1.54, 1.807) is 29.2 Å². The number of nitrogens with one attached hydrogen (secondary N) is 2. The quantitative estimate of drug-likeness (QED) is 0.332. The summed E-state index contributed by atoms with van der Waals surface area (Å²) < 4.78 is 1.79. The van der Waals surface area contributed by atoms with Crippen molar-refractivity contribution in [2.24, 2.45) is 0 Å². The van der Waals surface area contributed by atoms with Crippen LogP contribution in [0, 0.1) is 0 Å². The van der Waals surface area contributed by atoms with E-state index in [-0.39, 0.29) is 24.2 Å². The second-order valence-electron chi connectivity index (χ2n) is 10.5. The first-order valence-electron chi connectivity index (χ1n) is 13.7. The lowest BCUT2D eigenvalue weighted by Gasteiger charge is -2.26. The molecule has 0 spiro atoms. The normalized spacial score (nSPS) is 17.1. The number of aromatic amines is 1. The summed E-state index contributed by atoms with van der Waals surface area (Å²) >= 11 is 0. The topological polar surface area (TPSA) is 83.0 Å². The van der Waals surface area contributed by atoms with Crippen molar-refractivity contribution in [1.82, 2.24) is 25.0 Å². The molecular weight excluding hydrogens is 486 g/mol. The third-order valence-electron chi connectivity index (χ3n) is 7.74. The molecule has 1 saturated heterocycles. The molecule has 39 heavy (non-hydrogen) atoms. The second-order valence-corrected chi connectivity index (χ2v) is 10.5. The van der Waals surface area contributed by atoms with Crippen molar-refractivity contribution in [3.63, 3.8) is 0 Å². The van der Waals surface area contributed by atoms with Crippen LogP contribution in [0.1, 0.15) is 65.8 Å². The number of hydrogen-bond acceptors (Lipinski definition) is 4. The first-order chi connectivity index (χ1) is 19.0. The molecule has 0 unspecified atom stereocenters. The number of fused-ring (bicyclic) bond motifs is 1. The van der Waals surface area contributed by atoms with Gasteiger partial charge in [0.1, 0.15) is 0 Å². The van der Waals surface area contributed by atoms with Crippen molar-refractivity contribution >= 4 is 28.2 Å². The summed E-state index contributed by atoms with van der Waals surface area (Å²) in [7, 11) is 0. The summed E-state index contributed by atoms with van der Waals surface area (Å²) in [5, 5.41) is 8.46. The molecule has 198 valence electrons. The Morgan fingerprint density at radius 1 is 1.08 bits per heavy atom. The van der Waals surface area contributed by atoms with Gasteiger partial charge in [-0.05, 0) is 68.3 Å². The lowest BCUT2D eigenvalue weighted by molar-refractivity contribution is -0.113. The van der Waals surface area contributed by atoms with Gasteiger partial charge in [0.25, 0.3) is 5.91 Å². The molecule has 1 aliphatic carbocycles. The van der Waals surface area contributed by atoms with Crippen LogP contribution in [-0.4, -0.2) is 44.4 Å². The number of amides is 1. The fourth-order valence-corrected chi connectivity index (χ4v) is 5.48. The molecule has 7 heteroatoms. The lowest BCUT2D eigenvalue weighted by atomic mass is 9.98. The number of ketones is 1. The SMILES string of the molecule is C[C@H](c1ccccc1)n1cc(C(=O)NC2=CCC(=O)C(c3cc4cc(CN5CCCCC5)ccc4[nH]3)=C2)cn1. The standard InChI is InChI=1S/C32H33N5O2/c1-22(24-8-4-2-5-9-24)37-21-26(19-33-37)32(39)34-27-11-13-31(38)28(18-27)30-17-25-16-23(10-12-29(25)35-30)20-36-14-6-3-7-15-36/h2,4-5,8-12,16-19,21-22,35H,3,6-7,13-15,20H2,1H3,(H,34,39)/t22-/m1/s1. The predicted molar refractivity (Wildman–Crippen MR) is 153 cm³/mol. The number of carbonyl (C=O) groups excluding carboxylic acids is 2. The van der Waals surface area contributed by atoms with Gasteiger partial charge in [-0.2, -0.15) is 5.10 Å². The van der Waals surface area contributed by atoms with E-state index < -0.39 is 0 Å². The summed E-state index contributed by atoms with van der Waals surface area (Å²) in [6, 6.07) is 18.6. The summed E-state index contributed by atoms with van der Waals surface area (Å²) in [6.07, 6.45) is 11.0. The van der Waals surface area contributed by atoms with E-state index in [0.29, 0.717) is 16.8 Å². The minimum absolute atomic E-state index is 0.00754. The van der Waals surface area contributed by atoms with Gasteiger partial charge in [0.15, 0.2) is 5.78 Å². The zero-order valence-corrected chi connectivity index (χ0v) is 22.2. The van der Waals surface area contributed by atoms with Gasteiger partial charge >= 0.3 is 0 Å². The van der Waals surface area contributed by atoms with Crippen molar-refractivity contribution in [3.8, 4) is 0 Å². The number of carbonyl (C=O) groups is 2. The Balaban J connectivity index is 1.17. The lowest BCUT2D eigenvalue weighted by Crippen LogP contribution is -2.28. The van der Waals surface area contributed by atoms with Crippen LogP contribution in [0.5, 0.6) is 0 Å². The number of benzene rings is 2. The third-order valence-corrected chi connectivity index (χ3v) is 7.74. The number of likely N-dealkylation sites (tertiary alicyclic amines) is 1. The first-order valence-corrected chi connectivity index (χ1v) is 13.7. The maximum atomic E-state index is 13.0. The number of rotatable bonds is 7. The summed E-state index contributed by atoms with van der Waals surface area (Å²) in [4.78, 5) is 31.8. The van der Waals surface area contributed by atoms with Gasteiger partial charge in [-0.3, -0.25) is 19.2 Å². The minimum Gasteiger partial charge on any atom is -0.354 e. The molecule has 2 aromatic carbocycles. The Morgan fingerprint density at radius 2 is 1.90 bits per heavy atom. The Labute approximate surface area is 228 Å². The predicted octanol–water partition coefficient (Wildman–Crippen LogP) is 5.63. The summed E-state index contributed by atoms with van der Waals surface area (Å²) in [5.41, 5.74) is 5.84. The molecule has 7 nitrogen and oxygen atoms in total. The van der Waals surface area contributed by atoms with Gasteiger partial charge in [0.05, 0.1) is 23.5 Å². The molecule has 1 amide bonds. The Morgan fingerprint density at radius 3 is 2.72 bits per heavy atom. The van der Waals surface area contributed by atoms with E-state index >= 15 is 0 Å². The van der Waals surface area contributed by atoms with Crippen LogP contribution in [0.15, 0.2) is 84.8 Å². The van der Waals surface area contributed by atoms with Crippen LogP contribution in [0.4, 0.5) is 0 Å². The van der Waals surface area contributed by atoms with Gasteiger partial charge in [0.2, 0.25) is 0 Å². The second kappa shape index (κ2) is 10.9. The van der Waals surface area contributed by atoms with Crippen molar-refractivity contribution in [1.29, 1.82) is 0 Å². The number of hydrogen-bond donors (Lipinski definition) is 2.